The number of hydrazine groups is 1. The second kappa shape index (κ2) is 6.61. The molecule has 2 N–H and O–H groups in total. The number of alkyl halides is 3. The van der Waals surface area contributed by atoms with E-state index >= 15 is 0 Å². The van der Waals surface area contributed by atoms with Gasteiger partial charge in [0.15, 0.2) is 11.6 Å². The minimum absolute atomic E-state index is 0.413. The van der Waals surface area contributed by atoms with Gasteiger partial charge in [-0.05, 0) is 24.3 Å². The van der Waals surface area contributed by atoms with Crippen LogP contribution in [0.1, 0.15) is 5.56 Å². The third-order valence-electron chi connectivity index (χ3n) is 2.64. The Labute approximate surface area is 122 Å². The lowest BCUT2D eigenvalue weighted by atomic mass is 10.2. The molecule has 0 unspecified atom stereocenters. The van der Waals surface area contributed by atoms with Crippen LogP contribution >= 0.6 is 0 Å². The Balaban J connectivity index is 2.13. The normalized spacial score (nSPS) is 11.3. The zero-order chi connectivity index (χ0) is 16.2. The number of halogens is 5. The number of hydrogen-bond acceptors (Lipinski definition) is 3. The van der Waals surface area contributed by atoms with E-state index in [0.29, 0.717) is 11.8 Å². The van der Waals surface area contributed by atoms with Gasteiger partial charge < -0.3 is 10.2 Å². The van der Waals surface area contributed by atoms with Crippen molar-refractivity contribution in [2.24, 2.45) is 0 Å². The van der Waals surface area contributed by atoms with Gasteiger partial charge in [-0.25, -0.2) is 14.2 Å². The molecule has 0 atom stereocenters. The van der Waals surface area contributed by atoms with Crippen molar-refractivity contribution in [2.75, 3.05) is 5.43 Å². The Bertz CT molecular complexity index is 631. The molecule has 0 aromatic heterocycles. The van der Waals surface area contributed by atoms with E-state index in [9.17, 15) is 22.0 Å². The van der Waals surface area contributed by atoms with Gasteiger partial charge in [-0.1, -0.05) is 18.2 Å². The summed E-state index contributed by atoms with van der Waals surface area (Å²) >= 11 is 0. The third-order valence-corrected chi connectivity index (χ3v) is 2.64. The van der Waals surface area contributed by atoms with Gasteiger partial charge >= 0.3 is 6.36 Å². The number of nitrogens with one attached hydrogen (secondary N) is 2. The maximum absolute atomic E-state index is 13.6. The molecule has 0 fully saturated rings. The Morgan fingerprint density at radius 2 is 1.55 bits per heavy atom. The number of ether oxygens (including phenoxy) is 1. The van der Waals surface area contributed by atoms with Crippen LogP contribution < -0.4 is 15.6 Å². The molecule has 0 amide bonds. The van der Waals surface area contributed by atoms with Crippen molar-refractivity contribution < 1.29 is 26.7 Å². The van der Waals surface area contributed by atoms with E-state index in [1.807, 2.05) is 0 Å². The zero-order valence-electron chi connectivity index (χ0n) is 11.0. The van der Waals surface area contributed by atoms with Crippen LogP contribution in [0.5, 0.6) is 5.75 Å². The summed E-state index contributed by atoms with van der Waals surface area (Å²) in [6.45, 7) is -0.413. The predicted molar refractivity (Wildman–Crippen MR) is 69.9 cm³/mol. The molecule has 0 aliphatic carbocycles. The van der Waals surface area contributed by atoms with E-state index in [1.54, 1.807) is 30.3 Å². The first-order valence-electron chi connectivity index (χ1n) is 6.13. The van der Waals surface area contributed by atoms with Crippen LogP contribution in [0.2, 0.25) is 0 Å². The molecule has 2 aromatic carbocycles. The summed E-state index contributed by atoms with van der Waals surface area (Å²) in [5.74, 6) is -3.49. The second-order valence-electron chi connectivity index (χ2n) is 4.23. The maximum Gasteiger partial charge on any atom is 0.573 e. The number of para-hydroxylation sites is 1. The van der Waals surface area contributed by atoms with Gasteiger partial charge in [-0.2, -0.15) is 0 Å². The quantitative estimate of drug-likeness (QED) is 0.646. The smallest absolute Gasteiger partial charge is 0.402 e. The van der Waals surface area contributed by atoms with E-state index in [1.165, 1.54) is 0 Å². The van der Waals surface area contributed by atoms with Crippen molar-refractivity contribution >= 4 is 5.69 Å². The molecule has 0 heterocycles. The fourth-order valence-electron chi connectivity index (χ4n) is 1.72. The van der Waals surface area contributed by atoms with Crippen LogP contribution in [0, 0.1) is 11.6 Å². The van der Waals surface area contributed by atoms with E-state index in [4.69, 9.17) is 0 Å². The second-order valence-corrected chi connectivity index (χ2v) is 4.23. The van der Waals surface area contributed by atoms with Gasteiger partial charge in [0, 0.05) is 17.8 Å². The molecule has 0 saturated carbocycles. The van der Waals surface area contributed by atoms with Crippen LogP contribution in [0.3, 0.4) is 0 Å². The molecule has 118 valence electrons. The van der Waals surface area contributed by atoms with Crippen LogP contribution in [-0.4, -0.2) is 6.36 Å². The number of anilines is 1. The molecule has 8 heteroatoms. The van der Waals surface area contributed by atoms with Crippen LogP contribution in [0.25, 0.3) is 0 Å². The third kappa shape index (κ3) is 4.32. The fourth-order valence-corrected chi connectivity index (χ4v) is 1.72. The molecular weight excluding hydrogens is 307 g/mol. The SMILES string of the molecule is Fc1ccc(F)c(OC(F)(F)F)c1CNNc1ccccc1. The Morgan fingerprint density at radius 3 is 2.18 bits per heavy atom. The molecule has 2 aromatic rings. The van der Waals surface area contributed by atoms with Gasteiger partial charge in [-0.3, -0.25) is 0 Å². The highest BCUT2D eigenvalue weighted by Crippen LogP contribution is 2.31. The highest BCUT2D eigenvalue weighted by atomic mass is 19.4. The summed E-state index contributed by atoms with van der Waals surface area (Å²) in [5, 5.41) is 0. The monoisotopic (exact) mass is 318 g/mol. The molecular formula is C14H11F5N2O. The molecule has 3 nitrogen and oxygen atoms in total. The average Bonchev–Trinajstić information content (AvgIpc) is 2.46. The molecule has 22 heavy (non-hydrogen) atoms. The van der Waals surface area contributed by atoms with E-state index in [-0.39, 0.29) is 0 Å². The summed E-state index contributed by atoms with van der Waals surface area (Å²) in [7, 11) is 0. The summed E-state index contributed by atoms with van der Waals surface area (Å²) in [6.07, 6.45) is -5.11. The Morgan fingerprint density at radius 1 is 0.909 bits per heavy atom. The summed E-state index contributed by atoms with van der Waals surface area (Å²) in [6, 6.07) is 9.90. The van der Waals surface area contributed by atoms with E-state index < -0.39 is 35.9 Å². The Kier molecular flexibility index (Phi) is 4.81. The van der Waals surface area contributed by atoms with Gasteiger partial charge in [0.05, 0.1) is 0 Å². The highest BCUT2D eigenvalue weighted by Gasteiger charge is 2.34. The zero-order valence-corrected chi connectivity index (χ0v) is 11.0. The minimum Gasteiger partial charge on any atom is -0.402 e. The molecule has 0 aliphatic rings. The van der Waals surface area contributed by atoms with Gasteiger partial charge in [0.1, 0.15) is 5.82 Å². The molecule has 0 radical (unpaired) electrons. The van der Waals surface area contributed by atoms with Crippen molar-refractivity contribution in [3.8, 4) is 5.75 Å². The summed E-state index contributed by atoms with van der Waals surface area (Å²) in [5.41, 5.74) is 5.20. The summed E-state index contributed by atoms with van der Waals surface area (Å²) < 4.78 is 67.5. The van der Waals surface area contributed by atoms with E-state index in [2.05, 4.69) is 15.6 Å². The topological polar surface area (TPSA) is 33.3 Å². The first-order valence-corrected chi connectivity index (χ1v) is 6.13. The molecule has 0 spiro atoms. The van der Waals surface area contributed by atoms with Crippen LogP contribution in [0.4, 0.5) is 27.6 Å². The predicted octanol–water partition coefficient (Wildman–Crippen LogP) is 3.98. The molecule has 2 rings (SSSR count). The lowest BCUT2D eigenvalue weighted by Crippen LogP contribution is -2.24. The first-order chi connectivity index (χ1) is 10.4. The van der Waals surface area contributed by atoms with Crippen LogP contribution in [0.15, 0.2) is 42.5 Å². The molecule has 0 bridgehead atoms. The standard InChI is InChI=1S/C14H11F5N2O/c15-11-6-7-12(16)13(22-14(17,18)19)10(11)8-20-21-9-4-2-1-3-5-9/h1-7,20-21H,8H2. The number of hydrogen-bond donors (Lipinski definition) is 2. The molecule has 0 aliphatic heterocycles. The highest BCUT2D eigenvalue weighted by molar-refractivity contribution is 5.42. The van der Waals surface area contributed by atoms with Gasteiger partial charge in [0.25, 0.3) is 0 Å². The van der Waals surface area contributed by atoms with Gasteiger partial charge in [-0.15, -0.1) is 13.2 Å². The van der Waals surface area contributed by atoms with Crippen molar-refractivity contribution in [2.45, 2.75) is 12.9 Å². The van der Waals surface area contributed by atoms with E-state index in [0.717, 1.165) is 6.07 Å². The summed E-state index contributed by atoms with van der Waals surface area (Å²) in [4.78, 5) is 0. The number of rotatable bonds is 5. The number of benzene rings is 2. The average molecular weight is 318 g/mol. The minimum atomic E-state index is -5.11. The van der Waals surface area contributed by atoms with Gasteiger partial charge in [0.2, 0.25) is 0 Å². The Hall–Kier alpha value is -2.35. The maximum atomic E-state index is 13.6. The fraction of sp³-hybridized carbons (Fsp3) is 0.143. The van der Waals surface area contributed by atoms with Crippen LogP contribution in [-0.2, 0) is 6.54 Å². The van der Waals surface area contributed by atoms with Crippen molar-refractivity contribution in [3.63, 3.8) is 0 Å². The first kappa shape index (κ1) is 16.0. The molecule has 0 saturated heterocycles. The lowest BCUT2D eigenvalue weighted by Gasteiger charge is -2.15. The van der Waals surface area contributed by atoms with Crippen molar-refractivity contribution in [3.05, 3.63) is 59.7 Å². The largest absolute Gasteiger partial charge is 0.573 e. The van der Waals surface area contributed by atoms with Crippen molar-refractivity contribution in [1.82, 2.24) is 5.43 Å². The van der Waals surface area contributed by atoms with Crippen molar-refractivity contribution in [1.29, 1.82) is 0 Å². The lowest BCUT2D eigenvalue weighted by molar-refractivity contribution is -0.276.